The fourth-order valence-corrected chi connectivity index (χ4v) is 6.93. The highest BCUT2D eigenvalue weighted by molar-refractivity contribution is 6.24. The van der Waals surface area contributed by atoms with E-state index in [1.165, 1.54) is 39.2 Å². The number of alkyl halides is 1. The van der Waals surface area contributed by atoms with E-state index in [1.54, 1.807) is 0 Å². The summed E-state index contributed by atoms with van der Waals surface area (Å²) in [4.78, 5) is 4.30. The summed E-state index contributed by atoms with van der Waals surface area (Å²) in [5, 5.41) is 0. The fraction of sp³-hybridized carbons (Fsp3) is 0.258. The van der Waals surface area contributed by atoms with E-state index in [1.807, 2.05) is 0 Å². The average Bonchev–Trinajstić information content (AvgIpc) is 3.38. The summed E-state index contributed by atoms with van der Waals surface area (Å²) >= 11 is 8.02. The van der Waals surface area contributed by atoms with Crippen LogP contribution in [-0.4, -0.2) is 19.3 Å². The molecule has 0 amide bonds. The molecule has 0 saturated carbocycles. The van der Waals surface area contributed by atoms with Crippen LogP contribution in [-0.2, 0) is 5.00 Å². The van der Waals surface area contributed by atoms with Gasteiger partial charge in [-0.05, 0) is 79.7 Å². The molecule has 1 fully saturated rings. The first kappa shape index (κ1) is 22.2. The van der Waals surface area contributed by atoms with Gasteiger partial charge in [0, 0.05) is 36.6 Å². The molecule has 176 valence electrons. The van der Waals surface area contributed by atoms with E-state index in [0.717, 1.165) is 24.3 Å². The van der Waals surface area contributed by atoms with Crippen LogP contribution < -0.4 is 14.4 Å². The standard InChI is InChI=1S/C31H31ClN3/c1-21-11-9-12-22(2)28(21)33-19-20-34(29-23(3)13-10-14-24(29)4)30(33)31(32)26-16-6-5-15-25(26)27-17-7-8-18-35(27)31/h5-18,30H,19-20H2,1-4H3/q+1. The molecule has 2 aliphatic heterocycles. The highest BCUT2D eigenvalue weighted by Gasteiger charge is 2.61. The maximum Gasteiger partial charge on any atom is 0.308 e. The first-order chi connectivity index (χ1) is 16.9. The number of aryl methyl sites for hydroxylation is 4. The first-order valence-corrected chi connectivity index (χ1v) is 12.8. The molecule has 0 radical (unpaired) electrons. The number of pyridine rings is 1. The van der Waals surface area contributed by atoms with E-state index in [0.29, 0.717) is 0 Å². The van der Waals surface area contributed by atoms with Crippen LogP contribution in [0.1, 0.15) is 27.8 Å². The van der Waals surface area contributed by atoms with Crippen molar-refractivity contribution in [3.05, 3.63) is 113 Å². The Morgan fingerprint density at radius 1 is 0.686 bits per heavy atom. The fourth-order valence-electron chi connectivity index (χ4n) is 6.38. The molecule has 0 aliphatic carbocycles. The second-order valence-electron chi connectivity index (χ2n) is 9.92. The number of hydrogen-bond acceptors (Lipinski definition) is 2. The quantitative estimate of drug-likeness (QED) is 0.245. The number of aromatic nitrogens is 1. The third kappa shape index (κ3) is 3.14. The van der Waals surface area contributed by atoms with Gasteiger partial charge in [-0.1, -0.05) is 48.5 Å². The van der Waals surface area contributed by atoms with Crippen molar-refractivity contribution in [1.29, 1.82) is 0 Å². The van der Waals surface area contributed by atoms with Crippen LogP contribution >= 0.6 is 11.6 Å². The maximum absolute atomic E-state index is 8.02. The van der Waals surface area contributed by atoms with Gasteiger partial charge < -0.3 is 9.80 Å². The van der Waals surface area contributed by atoms with Crippen molar-refractivity contribution < 1.29 is 4.57 Å². The first-order valence-electron chi connectivity index (χ1n) is 12.4. The van der Waals surface area contributed by atoms with Crippen molar-refractivity contribution >= 4 is 23.0 Å². The zero-order valence-electron chi connectivity index (χ0n) is 20.8. The minimum Gasteiger partial charge on any atom is -0.342 e. The van der Waals surface area contributed by atoms with Gasteiger partial charge in [-0.15, -0.1) is 0 Å². The van der Waals surface area contributed by atoms with E-state index in [2.05, 4.69) is 127 Å². The lowest BCUT2D eigenvalue weighted by atomic mass is 9.97. The molecule has 4 heteroatoms. The van der Waals surface area contributed by atoms with E-state index in [9.17, 15) is 0 Å². The minimum atomic E-state index is -0.798. The van der Waals surface area contributed by atoms with Crippen molar-refractivity contribution in [2.24, 2.45) is 0 Å². The Morgan fingerprint density at radius 3 is 1.77 bits per heavy atom. The summed E-state index contributed by atoms with van der Waals surface area (Å²) in [6.07, 6.45) is 2.03. The summed E-state index contributed by atoms with van der Waals surface area (Å²) in [5.41, 5.74) is 11.2. The van der Waals surface area contributed by atoms with Crippen molar-refractivity contribution in [3.8, 4) is 11.3 Å². The second kappa shape index (κ2) is 8.13. The van der Waals surface area contributed by atoms with Gasteiger partial charge in [0.05, 0.1) is 11.1 Å². The molecule has 0 spiro atoms. The molecule has 1 saturated heterocycles. The Hall–Kier alpha value is -3.30. The monoisotopic (exact) mass is 480 g/mol. The number of fused-ring (bicyclic) bond motifs is 3. The van der Waals surface area contributed by atoms with Crippen LogP contribution in [0.3, 0.4) is 0 Å². The Balaban J connectivity index is 1.65. The number of para-hydroxylation sites is 2. The van der Waals surface area contributed by atoms with Crippen molar-refractivity contribution in [3.63, 3.8) is 0 Å². The van der Waals surface area contributed by atoms with Crippen LogP contribution in [0.15, 0.2) is 85.1 Å². The van der Waals surface area contributed by atoms with Gasteiger partial charge in [0.1, 0.15) is 0 Å². The lowest BCUT2D eigenvalue weighted by molar-refractivity contribution is -0.717. The van der Waals surface area contributed by atoms with Gasteiger partial charge in [0.2, 0.25) is 5.69 Å². The molecule has 35 heavy (non-hydrogen) atoms. The van der Waals surface area contributed by atoms with Crippen LogP contribution in [0.4, 0.5) is 11.4 Å². The van der Waals surface area contributed by atoms with Gasteiger partial charge in [-0.25, -0.2) is 0 Å². The van der Waals surface area contributed by atoms with E-state index in [4.69, 9.17) is 11.6 Å². The molecule has 2 aliphatic rings. The van der Waals surface area contributed by atoms with E-state index >= 15 is 0 Å². The Kier molecular flexibility index (Phi) is 5.16. The lowest BCUT2D eigenvalue weighted by Crippen LogP contribution is -2.65. The molecule has 1 aromatic heterocycles. The van der Waals surface area contributed by atoms with Crippen molar-refractivity contribution in [2.75, 3.05) is 22.9 Å². The minimum absolute atomic E-state index is 0.112. The molecule has 0 N–H and O–H groups in total. The molecular weight excluding hydrogens is 450 g/mol. The number of halogens is 1. The summed E-state index contributed by atoms with van der Waals surface area (Å²) in [6, 6.07) is 28.2. The number of hydrogen-bond donors (Lipinski definition) is 0. The Labute approximate surface area is 213 Å². The van der Waals surface area contributed by atoms with E-state index < -0.39 is 5.00 Å². The average molecular weight is 481 g/mol. The summed E-state index contributed by atoms with van der Waals surface area (Å²) in [7, 11) is 0. The summed E-state index contributed by atoms with van der Waals surface area (Å²) < 4.78 is 2.29. The zero-order valence-corrected chi connectivity index (χ0v) is 21.6. The van der Waals surface area contributed by atoms with Crippen molar-refractivity contribution in [1.82, 2.24) is 0 Å². The molecule has 0 bridgehead atoms. The molecule has 1 atom stereocenters. The van der Waals surface area contributed by atoms with E-state index in [-0.39, 0.29) is 6.17 Å². The number of nitrogens with zero attached hydrogens (tertiary/aromatic N) is 3. The molecule has 1 unspecified atom stereocenters. The van der Waals surface area contributed by atoms with Gasteiger partial charge in [-0.3, -0.25) is 0 Å². The molecule has 3 aromatic carbocycles. The van der Waals surface area contributed by atoms with Crippen LogP contribution in [0.25, 0.3) is 11.3 Å². The second-order valence-corrected chi connectivity index (χ2v) is 10.5. The van der Waals surface area contributed by atoms with Crippen molar-refractivity contribution in [2.45, 2.75) is 38.9 Å². The number of benzene rings is 3. The van der Waals surface area contributed by atoms with Crippen LogP contribution in [0.2, 0.25) is 0 Å². The molecule has 3 nitrogen and oxygen atoms in total. The maximum atomic E-state index is 8.02. The third-order valence-corrected chi connectivity index (χ3v) is 8.34. The zero-order chi connectivity index (χ0) is 24.3. The van der Waals surface area contributed by atoms with Gasteiger partial charge in [0.25, 0.3) is 0 Å². The van der Waals surface area contributed by atoms with Gasteiger partial charge in [-0.2, -0.15) is 4.57 Å². The number of anilines is 2. The molecule has 3 heterocycles. The van der Waals surface area contributed by atoms with Crippen LogP contribution in [0.5, 0.6) is 0 Å². The molecule has 6 rings (SSSR count). The summed E-state index contributed by atoms with van der Waals surface area (Å²) in [5.74, 6) is 0. The Bertz CT molecular complexity index is 1300. The van der Waals surface area contributed by atoms with Gasteiger partial charge in [0.15, 0.2) is 12.4 Å². The SMILES string of the molecule is Cc1cccc(C)c1N1CCN(c2c(C)cccc2C)C1C1(Cl)c2ccccc2-c2cccc[n+]21. The Morgan fingerprint density at radius 2 is 1.20 bits per heavy atom. The highest BCUT2D eigenvalue weighted by Crippen LogP contribution is 2.49. The number of rotatable bonds is 3. The lowest BCUT2D eigenvalue weighted by Gasteiger charge is -2.40. The van der Waals surface area contributed by atoms with Crippen LogP contribution in [0, 0.1) is 27.7 Å². The topological polar surface area (TPSA) is 10.4 Å². The predicted molar refractivity (Wildman–Crippen MR) is 145 cm³/mol. The van der Waals surface area contributed by atoms with Gasteiger partial charge >= 0.3 is 5.00 Å². The smallest absolute Gasteiger partial charge is 0.308 e. The highest BCUT2D eigenvalue weighted by atomic mass is 35.5. The summed E-state index contributed by atoms with van der Waals surface area (Å²) in [6.45, 7) is 10.7. The largest absolute Gasteiger partial charge is 0.342 e. The molecule has 4 aromatic rings. The normalized spacial score (nSPS) is 19.2. The molecular formula is C31H31ClN3+. The predicted octanol–water partition coefficient (Wildman–Crippen LogP) is 6.48. The third-order valence-electron chi connectivity index (χ3n) is 7.76.